The van der Waals surface area contributed by atoms with E-state index < -0.39 is 11.2 Å². The standard InChI is InChI=1S/C32H33N3O5/c1-37-27-14-26-29(30(34-27)38-2)31(36)15-22(17-35-24-12-13-25(35)19-39-18-24)28(21-6-4-3-5-7-21)32(31,40-26)23-10-8-20(16-33)9-11-23/h3-11,14,22,24-25,28,36H,12-13,15,17-19H2,1-2H3/t22-,24-,25+,28-,31-,32+/m1/s1. The zero-order valence-electron chi connectivity index (χ0n) is 22.7. The highest BCUT2D eigenvalue weighted by atomic mass is 16.5. The second-order valence-corrected chi connectivity index (χ2v) is 11.4. The van der Waals surface area contributed by atoms with E-state index in [0.29, 0.717) is 47.1 Å². The van der Waals surface area contributed by atoms with E-state index in [9.17, 15) is 10.4 Å². The minimum atomic E-state index is -1.45. The van der Waals surface area contributed by atoms with Crippen molar-refractivity contribution in [2.75, 3.05) is 34.0 Å². The molecule has 1 aromatic heterocycles. The molecule has 4 heterocycles. The molecule has 4 aliphatic rings. The van der Waals surface area contributed by atoms with Crippen LogP contribution in [0.15, 0.2) is 60.7 Å². The zero-order chi connectivity index (χ0) is 27.5. The Balaban J connectivity index is 1.45. The number of rotatable bonds is 6. The molecule has 6 atom stereocenters. The SMILES string of the molecule is COc1cc2c(c(OC)n1)[C@]1(O)C[C@H](CN3[C@@H]4CC[C@H]3COC4)[C@@H](c3ccccc3)[C@]1(c1ccc(C#N)cc1)O2. The fourth-order valence-corrected chi connectivity index (χ4v) is 7.93. The normalized spacial score (nSPS) is 32.1. The maximum absolute atomic E-state index is 13.1. The molecule has 1 saturated carbocycles. The van der Waals surface area contributed by atoms with Gasteiger partial charge in [0.2, 0.25) is 11.8 Å². The Bertz CT molecular complexity index is 1440. The minimum Gasteiger partial charge on any atom is -0.481 e. The molecule has 1 N–H and O–H groups in total. The van der Waals surface area contributed by atoms with Crippen molar-refractivity contribution in [2.24, 2.45) is 5.92 Å². The lowest BCUT2D eigenvalue weighted by Crippen LogP contribution is -2.50. The third-order valence-corrected chi connectivity index (χ3v) is 9.53. The summed E-state index contributed by atoms with van der Waals surface area (Å²) < 4.78 is 24.2. The van der Waals surface area contributed by atoms with Gasteiger partial charge in [-0.1, -0.05) is 42.5 Å². The average molecular weight is 540 g/mol. The van der Waals surface area contributed by atoms with Crippen molar-refractivity contribution >= 4 is 0 Å². The van der Waals surface area contributed by atoms with Crippen molar-refractivity contribution in [2.45, 2.75) is 48.5 Å². The van der Waals surface area contributed by atoms with Crippen molar-refractivity contribution in [1.82, 2.24) is 9.88 Å². The fraction of sp³-hybridized carbons (Fsp3) is 0.438. The number of hydrogen-bond donors (Lipinski definition) is 1. The molecular weight excluding hydrogens is 506 g/mol. The molecule has 0 unspecified atom stereocenters. The smallest absolute Gasteiger partial charge is 0.226 e. The molecule has 3 fully saturated rings. The summed E-state index contributed by atoms with van der Waals surface area (Å²) in [5.41, 5.74) is 0.386. The third kappa shape index (κ3) is 3.51. The number of hydrogen-bond acceptors (Lipinski definition) is 8. The van der Waals surface area contributed by atoms with Crippen LogP contribution in [0, 0.1) is 17.2 Å². The summed E-state index contributed by atoms with van der Waals surface area (Å²) >= 11 is 0. The van der Waals surface area contributed by atoms with E-state index in [0.717, 1.165) is 43.7 Å². The number of fused-ring (bicyclic) bond motifs is 5. The highest BCUT2D eigenvalue weighted by Crippen LogP contribution is 2.70. The highest BCUT2D eigenvalue weighted by Gasteiger charge is 2.72. The largest absolute Gasteiger partial charge is 0.481 e. The molecule has 8 nitrogen and oxygen atoms in total. The maximum Gasteiger partial charge on any atom is 0.226 e. The Kier molecular flexibility index (Phi) is 6.00. The second kappa shape index (κ2) is 9.48. The van der Waals surface area contributed by atoms with Crippen molar-refractivity contribution in [3.05, 3.63) is 82.9 Å². The molecule has 3 aromatic rings. The first kappa shape index (κ1) is 25.3. The molecule has 0 spiro atoms. The summed E-state index contributed by atoms with van der Waals surface area (Å²) in [6.45, 7) is 2.32. The summed E-state index contributed by atoms with van der Waals surface area (Å²) in [4.78, 5) is 7.16. The van der Waals surface area contributed by atoms with Gasteiger partial charge in [-0.25, -0.2) is 0 Å². The molecule has 2 saturated heterocycles. The van der Waals surface area contributed by atoms with E-state index in [1.807, 2.05) is 30.3 Å². The summed E-state index contributed by atoms with van der Waals surface area (Å²) in [6, 6.07) is 22.5. The maximum atomic E-state index is 13.1. The first-order valence-electron chi connectivity index (χ1n) is 14.0. The molecule has 1 aliphatic carbocycles. The number of aromatic nitrogens is 1. The van der Waals surface area contributed by atoms with Gasteiger partial charge in [0, 0.05) is 30.6 Å². The number of pyridine rings is 1. The lowest BCUT2D eigenvalue weighted by molar-refractivity contribution is -0.106. The topological polar surface area (TPSA) is 97.1 Å². The lowest BCUT2D eigenvalue weighted by atomic mass is 9.71. The number of morpholine rings is 1. The minimum absolute atomic E-state index is 0.0594. The molecule has 2 aromatic carbocycles. The van der Waals surface area contributed by atoms with Crippen LogP contribution >= 0.6 is 0 Å². The zero-order valence-corrected chi connectivity index (χ0v) is 22.7. The Morgan fingerprint density at radius 2 is 1.77 bits per heavy atom. The first-order valence-corrected chi connectivity index (χ1v) is 14.0. The van der Waals surface area contributed by atoms with Gasteiger partial charge in [0.15, 0.2) is 5.60 Å². The van der Waals surface area contributed by atoms with Gasteiger partial charge in [-0.05, 0) is 48.4 Å². The number of ether oxygens (including phenoxy) is 4. The Morgan fingerprint density at radius 1 is 1.05 bits per heavy atom. The van der Waals surface area contributed by atoms with Crippen LogP contribution in [0.3, 0.4) is 0 Å². The van der Waals surface area contributed by atoms with Crippen molar-refractivity contribution in [3.63, 3.8) is 0 Å². The summed E-state index contributed by atoms with van der Waals surface area (Å²) in [5.74, 6) is 1.01. The van der Waals surface area contributed by atoms with Crippen molar-refractivity contribution in [1.29, 1.82) is 5.26 Å². The van der Waals surface area contributed by atoms with Crippen LogP contribution in [-0.4, -0.2) is 61.1 Å². The van der Waals surface area contributed by atoms with Gasteiger partial charge in [0.25, 0.3) is 0 Å². The molecule has 3 aliphatic heterocycles. The predicted octanol–water partition coefficient (Wildman–Crippen LogP) is 4.11. The van der Waals surface area contributed by atoms with Gasteiger partial charge < -0.3 is 24.1 Å². The van der Waals surface area contributed by atoms with E-state index in [-0.39, 0.29) is 11.8 Å². The van der Waals surface area contributed by atoms with Crippen LogP contribution in [0.4, 0.5) is 0 Å². The molecule has 206 valence electrons. The fourth-order valence-electron chi connectivity index (χ4n) is 7.93. The molecule has 0 amide bonds. The third-order valence-electron chi connectivity index (χ3n) is 9.53. The van der Waals surface area contributed by atoms with Crippen LogP contribution in [0.5, 0.6) is 17.5 Å². The predicted molar refractivity (Wildman–Crippen MR) is 146 cm³/mol. The van der Waals surface area contributed by atoms with Crippen LogP contribution in [-0.2, 0) is 15.9 Å². The van der Waals surface area contributed by atoms with E-state index >= 15 is 0 Å². The number of benzene rings is 2. The molecule has 40 heavy (non-hydrogen) atoms. The summed E-state index contributed by atoms with van der Waals surface area (Å²) in [7, 11) is 3.11. The van der Waals surface area contributed by atoms with E-state index in [2.05, 4.69) is 28.1 Å². The highest BCUT2D eigenvalue weighted by molar-refractivity contribution is 5.59. The van der Waals surface area contributed by atoms with Gasteiger partial charge in [-0.15, -0.1) is 0 Å². The first-order chi connectivity index (χ1) is 19.5. The van der Waals surface area contributed by atoms with Crippen LogP contribution in [0.25, 0.3) is 0 Å². The molecule has 8 heteroatoms. The summed E-state index contributed by atoms with van der Waals surface area (Å²) in [6.07, 6.45) is 2.73. The van der Waals surface area contributed by atoms with Crippen LogP contribution in [0.2, 0.25) is 0 Å². The van der Waals surface area contributed by atoms with Crippen LogP contribution in [0.1, 0.15) is 47.4 Å². The Hall–Kier alpha value is -3.64. The number of nitriles is 1. The summed E-state index contributed by atoms with van der Waals surface area (Å²) in [5, 5.41) is 22.6. The number of aliphatic hydroxyl groups is 1. The van der Waals surface area contributed by atoms with E-state index in [1.54, 1.807) is 32.4 Å². The van der Waals surface area contributed by atoms with Crippen molar-refractivity contribution < 1.29 is 24.1 Å². The van der Waals surface area contributed by atoms with Gasteiger partial charge in [-0.2, -0.15) is 10.2 Å². The van der Waals surface area contributed by atoms with Gasteiger partial charge in [-0.3, -0.25) is 4.90 Å². The van der Waals surface area contributed by atoms with Gasteiger partial charge in [0.1, 0.15) is 11.4 Å². The van der Waals surface area contributed by atoms with E-state index in [4.69, 9.17) is 18.9 Å². The second-order valence-electron chi connectivity index (χ2n) is 11.4. The molecule has 0 radical (unpaired) electrons. The average Bonchev–Trinajstić information content (AvgIpc) is 3.47. The van der Waals surface area contributed by atoms with Crippen LogP contribution < -0.4 is 14.2 Å². The van der Waals surface area contributed by atoms with Gasteiger partial charge >= 0.3 is 0 Å². The van der Waals surface area contributed by atoms with E-state index in [1.165, 1.54) is 0 Å². The number of nitrogens with zero attached hydrogens (tertiary/aromatic N) is 3. The lowest BCUT2D eigenvalue weighted by Gasteiger charge is -2.42. The quantitative estimate of drug-likeness (QED) is 0.500. The monoisotopic (exact) mass is 539 g/mol. The van der Waals surface area contributed by atoms with Gasteiger partial charge in [0.05, 0.1) is 44.6 Å². The van der Waals surface area contributed by atoms with Crippen molar-refractivity contribution in [3.8, 4) is 23.6 Å². The molecule has 7 rings (SSSR count). The Morgan fingerprint density at radius 3 is 2.42 bits per heavy atom. The molecular formula is C32H33N3O5. The Labute approximate surface area is 234 Å². The molecule has 2 bridgehead atoms. The number of methoxy groups -OCH3 is 2.